The van der Waals surface area contributed by atoms with Gasteiger partial charge in [-0.25, -0.2) is 4.98 Å². The molecule has 4 atom stereocenters. The van der Waals surface area contributed by atoms with Crippen molar-refractivity contribution in [3.05, 3.63) is 90.1 Å². The Hall–Kier alpha value is -4.97. The van der Waals surface area contributed by atoms with Gasteiger partial charge in [-0.15, -0.1) is 0 Å². The molecule has 0 bridgehead atoms. The van der Waals surface area contributed by atoms with Crippen LogP contribution in [0, 0.1) is 0 Å². The molecule has 0 spiro atoms. The molecule has 214 valence electrons. The average molecular weight is 560 g/mol. The Labute approximate surface area is 236 Å². The molecule has 41 heavy (non-hydrogen) atoms. The van der Waals surface area contributed by atoms with Crippen molar-refractivity contribution in [2.45, 2.75) is 50.4 Å². The number of nitrogens with one attached hydrogen (secondary N) is 5. The van der Waals surface area contributed by atoms with Gasteiger partial charge in [0.05, 0.1) is 12.4 Å². The van der Waals surface area contributed by atoms with Crippen molar-refractivity contribution in [3.8, 4) is 0 Å². The SMILES string of the molecule is CC(NC(=O)C(Cc1ccccc1)NC(=O)C(Cc1c[nH]c2ccccc12)NC(=O)C(N)Cc1cnc[nH]1)C(=O)O. The van der Waals surface area contributed by atoms with Crippen molar-refractivity contribution in [2.75, 3.05) is 0 Å². The maximum atomic E-state index is 13.7. The van der Waals surface area contributed by atoms with Gasteiger partial charge >= 0.3 is 5.97 Å². The number of hydrogen-bond donors (Lipinski definition) is 7. The van der Waals surface area contributed by atoms with E-state index in [1.807, 2.05) is 30.3 Å². The lowest BCUT2D eigenvalue weighted by atomic mass is 10.0. The fourth-order valence-electron chi connectivity index (χ4n) is 4.44. The normalized spacial score (nSPS) is 14.0. The van der Waals surface area contributed by atoms with Crippen LogP contribution in [0.5, 0.6) is 0 Å². The lowest BCUT2D eigenvalue weighted by Crippen LogP contribution is -2.58. The lowest BCUT2D eigenvalue weighted by Gasteiger charge is -2.25. The highest BCUT2D eigenvalue weighted by molar-refractivity contribution is 5.95. The molecule has 3 amide bonds. The van der Waals surface area contributed by atoms with Gasteiger partial charge in [0.15, 0.2) is 0 Å². The molecule has 2 heterocycles. The van der Waals surface area contributed by atoms with Crippen LogP contribution >= 0.6 is 0 Å². The molecule has 0 fully saturated rings. The zero-order valence-electron chi connectivity index (χ0n) is 22.5. The third-order valence-electron chi connectivity index (χ3n) is 6.71. The summed E-state index contributed by atoms with van der Waals surface area (Å²) in [5.41, 5.74) is 9.21. The molecule has 4 aromatic rings. The lowest BCUT2D eigenvalue weighted by molar-refractivity contribution is -0.141. The Morgan fingerprint density at radius 1 is 0.854 bits per heavy atom. The van der Waals surface area contributed by atoms with E-state index >= 15 is 0 Å². The second-order valence-electron chi connectivity index (χ2n) is 9.83. The van der Waals surface area contributed by atoms with Gasteiger partial charge in [0.25, 0.3) is 0 Å². The number of carboxylic acid groups (broad SMARTS) is 1. The van der Waals surface area contributed by atoms with Crippen molar-refractivity contribution in [2.24, 2.45) is 5.73 Å². The number of para-hydroxylation sites is 1. The van der Waals surface area contributed by atoms with Crippen LogP contribution in [0.3, 0.4) is 0 Å². The van der Waals surface area contributed by atoms with Crippen LogP contribution in [-0.4, -0.2) is 67.9 Å². The molecule has 4 rings (SSSR count). The third kappa shape index (κ3) is 7.79. The highest BCUT2D eigenvalue weighted by atomic mass is 16.4. The monoisotopic (exact) mass is 559 g/mol. The summed E-state index contributed by atoms with van der Waals surface area (Å²) in [6.45, 7) is 1.34. The van der Waals surface area contributed by atoms with Gasteiger partial charge in [-0.3, -0.25) is 19.2 Å². The van der Waals surface area contributed by atoms with Crippen molar-refractivity contribution in [3.63, 3.8) is 0 Å². The van der Waals surface area contributed by atoms with E-state index in [0.29, 0.717) is 5.69 Å². The van der Waals surface area contributed by atoms with Crippen LogP contribution < -0.4 is 21.7 Å². The number of aliphatic carboxylic acids is 1. The van der Waals surface area contributed by atoms with Crippen LogP contribution in [0.1, 0.15) is 23.7 Å². The van der Waals surface area contributed by atoms with E-state index in [-0.39, 0.29) is 19.3 Å². The van der Waals surface area contributed by atoms with E-state index in [0.717, 1.165) is 22.0 Å². The summed E-state index contributed by atoms with van der Waals surface area (Å²) in [5, 5.41) is 18.1. The Morgan fingerprint density at radius 3 is 2.22 bits per heavy atom. The highest BCUT2D eigenvalue weighted by Crippen LogP contribution is 2.19. The Kier molecular flexibility index (Phi) is 9.48. The van der Waals surface area contributed by atoms with Crippen molar-refractivity contribution in [1.82, 2.24) is 30.9 Å². The van der Waals surface area contributed by atoms with Gasteiger partial charge in [0, 0.05) is 48.3 Å². The van der Waals surface area contributed by atoms with Crippen molar-refractivity contribution >= 4 is 34.6 Å². The number of benzene rings is 2. The summed E-state index contributed by atoms with van der Waals surface area (Å²) < 4.78 is 0. The van der Waals surface area contributed by atoms with Gasteiger partial charge in [-0.1, -0.05) is 48.5 Å². The van der Waals surface area contributed by atoms with Gasteiger partial charge in [-0.2, -0.15) is 0 Å². The maximum Gasteiger partial charge on any atom is 0.325 e. The van der Waals surface area contributed by atoms with Crippen LogP contribution in [0.25, 0.3) is 10.9 Å². The van der Waals surface area contributed by atoms with Crippen molar-refractivity contribution < 1.29 is 24.3 Å². The van der Waals surface area contributed by atoms with Gasteiger partial charge in [-0.05, 0) is 24.1 Å². The zero-order valence-corrected chi connectivity index (χ0v) is 22.5. The Morgan fingerprint density at radius 2 is 1.51 bits per heavy atom. The number of H-pyrrole nitrogens is 2. The minimum atomic E-state index is -1.21. The summed E-state index contributed by atoms with van der Waals surface area (Å²) in [4.78, 5) is 61.3. The van der Waals surface area contributed by atoms with Gasteiger partial charge in [0.2, 0.25) is 17.7 Å². The molecule has 2 aromatic heterocycles. The van der Waals surface area contributed by atoms with Gasteiger partial charge < -0.3 is 36.8 Å². The average Bonchev–Trinajstić information content (AvgIpc) is 3.62. The molecule has 0 saturated carbocycles. The Bertz CT molecular complexity index is 1490. The number of rotatable bonds is 13. The first-order valence-corrected chi connectivity index (χ1v) is 13.2. The van der Waals surface area contributed by atoms with E-state index in [4.69, 9.17) is 5.73 Å². The molecule has 2 aromatic carbocycles. The second kappa shape index (κ2) is 13.4. The molecule has 0 aliphatic heterocycles. The summed E-state index contributed by atoms with van der Waals surface area (Å²) in [7, 11) is 0. The summed E-state index contributed by atoms with van der Waals surface area (Å²) in [5.74, 6) is -3.04. The fraction of sp³-hybridized carbons (Fsp3) is 0.276. The van der Waals surface area contributed by atoms with E-state index in [1.54, 1.807) is 36.7 Å². The number of amides is 3. The van der Waals surface area contributed by atoms with Crippen LogP contribution in [-0.2, 0) is 38.4 Å². The molecule has 12 nitrogen and oxygen atoms in total. The first-order chi connectivity index (χ1) is 19.7. The molecule has 0 radical (unpaired) electrons. The Balaban J connectivity index is 1.57. The minimum absolute atomic E-state index is 0.109. The largest absolute Gasteiger partial charge is 0.480 e. The smallest absolute Gasteiger partial charge is 0.325 e. The van der Waals surface area contributed by atoms with E-state index < -0.39 is 47.9 Å². The molecule has 4 unspecified atom stereocenters. The number of nitrogens with zero attached hydrogens (tertiary/aromatic N) is 1. The number of aromatic amines is 2. The molecule has 0 aliphatic rings. The number of fused-ring (bicyclic) bond motifs is 1. The predicted octanol–water partition coefficient (Wildman–Crippen LogP) is 0.805. The predicted molar refractivity (Wildman–Crippen MR) is 152 cm³/mol. The van der Waals surface area contributed by atoms with E-state index in [1.165, 1.54) is 13.3 Å². The molecule has 0 aliphatic carbocycles. The molecule has 0 saturated heterocycles. The van der Waals surface area contributed by atoms with E-state index in [2.05, 4.69) is 30.9 Å². The third-order valence-corrected chi connectivity index (χ3v) is 6.71. The number of imidazole rings is 1. The highest BCUT2D eigenvalue weighted by Gasteiger charge is 2.30. The summed E-state index contributed by atoms with van der Waals surface area (Å²) >= 11 is 0. The van der Waals surface area contributed by atoms with Gasteiger partial charge in [0.1, 0.15) is 18.1 Å². The summed E-state index contributed by atoms with van der Waals surface area (Å²) in [6, 6.07) is 12.3. The zero-order chi connectivity index (χ0) is 29.4. The number of carbonyl (C=O) groups is 4. The van der Waals surface area contributed by atoms with Crippen LogP contribution in [0.15, 0.2) is 73.3 Å². The number of nitrogens with two attached hydrogens (primary N) is 1. The summed E-state index contributed by atoms with van der Waals surface area (Å²) in [6.07, 6.45) is 5.22. The standard InChI is InChI=1S/C29H33N7O5/c1-17(29(40)41)34-27(38)24(11-18-7-3-2-4-8-18)36-28(39)25(12-19-14-32-23-10-6-5-9-21(19)23)35-26(37)22(30)13-20-15-31-16-33-20/h2-10,14-17,22,24-25,32H,11-13,30H2,1H3,(H,31,33)(H,34,38)(H,35,37)(H,36,39)(H,40,41). The number of hydrogen-bond acceptors (Lipinski definition) is 6. The first-order valence-electron chi connectivity index (χ1n) is 13.2. The van der Waals surface area contributed by atoms with E-state index in [9.17, 15) is 24.3 Å². The quantitative estimate of drug-likeness (QED) is 0.126. The second-order valence-corrected chi connectivity index (χ2v) is 9.83. The van der Waals surface area contributed by atoms with Crippen LogP contribution in [0.4, 0.5) is 0 Å². The molecular formula is C29H33N7O5. The molecule has 8 N–H and O–H groups in total. The number of aromatic nitrogens is 3. The van der Waals surface area contributed by atoms with Crippen molar-refractivity contribution in [1.29, 1.82) is 0 Å². The first kappa shape index (κ1) is 29.0. The fourth-order valence-corrected chi connectivity index (χ4v) is 4.44. The molecule has 12 heteroatoms. The minimum Gasteiger partial charge on any atom is -0.480 e. The maximum absolute atomic E-state index is 13.7. The molecular weight excluding hydrogens is 526 g/mol. The number of carbonyl (C=O) groups excluding carboxylic acids is 3. The topological polar surface area (TPSA) is 195 Å². The number of carboxylic acids is 1. The van der Waals surface area contributed by atoms with Crippen LogP contribution in [0.2, 0.25) is 0 Å².